The van der Waals surface area contributed by atoms with E-state index in [1.165, 1.54) is 6.07 Å². The van der Waals surface area contributed by atoms with E-state index in [4.69, 9.17) is 0 Å². The Morgan fingerprint density at radius 2 is 2.00 bits per heavy atom. The predicted molar refractivity (Wildman–Crippen MR) is 86.2 cm³/mol. The van der Waals surface area contributed by atoms with E-state index in [0.717, 1.165) is 17.7 Å². The molecule has 0 unspecified atom stereocenters. The standard InChI is InChI=1S/C19H16FNO2/c20-16-7-2-1-4-14(16)18-13-6-3-5-12(13)15-10-11(19(22)23)8-9-17(15)21-18/h1-5,7-10,12-13,18,21H,6H2,(H,22,23)/t12-,13-,18-/m1/s1. The number of fused-ring (bicyclic) bond motifs is 3. The van der Waals surface area contributed by atoms with Gasteiger partial charge < -0.3 is 10.4 Å². The summed E-state index contributed by atoms with van der Waals surface area (Å²) in [4.78, 5) is 11.2. The molecule has 0 fully saturated rings. The van der Waals surface area contributed by atoms with Crippen molar-refractivity contribution in [3.8, 4) is 0 Å². The van der Waals surface area contributed by atoms with Crippen LogP contribution in [0.5, 0.6) is 0 Å². The van der Waals surface area contributed by atoms with Gasteiger partial charge in [0.25, 0.3) is 0 Å². The van der Waals surface area contributed by atoms with Crippen molar-refractivity contribution < 1.29 is 14.3 Å². The summed E-state index contributed by atoms with van der Waals surface area (Å²) in [5, 5.41) is 12.6. The van der Waals surface area contributed by atoms with Gasteiger partial charge in [-0.25, -0.2) is 9.18 Å². The molecule has 2 N–H and O–H groups in total. The average Bonchev–Trinajstić information content (AvgIpc) is 3.04. The second-order valence-electron chi connectivity index (χ2n) is 6.10. The Morgan fingerprint density at radius 3 is 2.78 bits per heavy atom. The number of benzene rings is 2. The van der Waals surface area contributed by atoms with Crippen molar-refractivity contribution in [3.63, 3.8) is 0 Å². The number of hydrogen-bond acceptors (Lipinski definition) is 2. The van der Waals surface area contributed by atoms with Gasteiger partial charge in [-0.05, 0) is 42.2 Å². The van der Waals surface area contributed by atoms with E-state index in [2.05, 4.69) is 17.5 Å². The van der Waals surface area contributed by atoms with Crippen LogP contribution in [0, 0.1) is 11.7 Å². The fourth-order valence-electron chi connectivity index (χ4n) is 3.76. The minimum Gasteiger partial charge on any atom is -0.478 e. The monoisotopic (exact) mass is 309 g/mol. The van der Waals surface area contributed by atoms with Gasteiger partial charge in [0.2, 0.25) is 0 Å². The Kier molecular flexibility index (Phi) is 3.18. The zero-order valence-corrected chi connectivity index (χ0v) is 12.4. The number of carbonyl (C=O) groups is 1. The average molecular weight is 309 g/mol. The van der Waals surface area contributed by atoms with Crippen molar-refractivity contribution in [1.29, 1.82) is 0 Å². The molecule has 2 aromatic rings. The van der Waals surface area contributed by atoms with Crippen LogP contribution in [0.15, 0.2) is 54.6 Å². The summed E-state index contributed by atoms with van der Waals surface area (Å²) in [5.41, 5.74) is 2.82. The number of carboxylic acids is 1. The minimum atomic E-state index is -0.928. The molecule has 3 nitrogen and oxygen atoms in total. The molecule has 23 heavy (non-hydrogen) atoms. The van der Waals surface area contributed by atoms with Gasteiger partial charge >= 0.3 is 5.97 Å². The first-order valence-corrected chi connectivity index (χ1v) is 7.70. The number of nitrogens with one attached hydrogen (secondary N) is 1. The van der Waals surface area contributed by atoms with E-state index < -0.39 is 5.97 Å². The number of halogens is 1. The first-order valence-electron chi connectivity index (χ1n) is 7.70. The van der Waals surface area contributed by atoms with Gasteiger partial charge in [0.1, 0.15) is 5.82 Å². The smallest absolute Gasteiger partial charge is 0.335 e. The molecule has 0 saturated carbocycles. The lowest BCUT2D eigenvalue weighted by Crippen LogP contribution is -2.29. The molecule has 1 aliphatic heterocycles. The van der Waals surface area contributed by atoms with E-state index in [0.29, 0.717) is 5.56 Å². The van der Waals surface area contributed by atoms with E-state index in [1.54, 1.807) is 24.3 Å². The SMILES string of the molecule is O=C(O)c1ccc2c(c1)[C@@H]1C=CC[C@H]1[C@H](c1ccccc1F)N2. The van der Waals surface area contributed by atoms with E-state index >= 15 is 0 Å². The molecule has 3 atom stereocenters. The van der Waals surface area contributed by atoms with Gasteiger partial charge in [0.15, 0.2) is 0 Å². The molecule has 1 heterocycles. The molecule has 0 bridgehead atoms. The maximum atomic E-state index is 14.2. The van der Waals surface area contributed by atoms with Gasteiger partial charge in [0, 0.05) is 17.2 Å². The number of aromatic carboxylic acids is 1. The Balaban J connectivity index is 1.81. The molecule has 0 amide bonds. The zero-order chi connectivity index (χ0) is 16.0. The fraction of sp³-hybridized carbons (Fsp3) is 0.211. The number of hydrogen-bond donors (Lipinski definition) is 2. The molecule has 0 aromatic heterocycles. The van der Waals surface area contributed by atoms with Crippen LogP contribution in [0.2, 0.25) is 0 Å². The van der Waals surface area contributed by atoms with Crippen LogP contribution in [0.4, 0.5) is 10.1 Å². The van der Waals surface area contributed by atoms with Crippen LogP contribution in [0.3, 0.4) is 0 Å². The zero-order valence-electron chi connectivity index (χ0n) is 12.4. The normalized spacial score (nSPS) is 24.7. The van der Waals surface area contributed by atoms with Crippen LogP contribution in [-0.2, 0) is 0 Å². The molecule has 1 aliphatic carbocycles. The van der Waals surface area contributed by atoms with Crippen LogP contribution < -0.4 is 5.32 Å². The lowest BCUT2D eigenvalue weighted by Gasteiger charge is -2.37. The molecule has 2 aliphatic rings. The third-order valence-electron chi connectivity index (χ3n) is 4.85. The van der Waals surface area contributed by atoms with Gasteiger partial charge in [-0.15, -0.1) is 0 Å². The minimum absolute atomic E-state index is 0.112. The Hall–Kier alpha value is -2.62. The lowest BCUT2D eigenvalue weighted by atomic mass is 9.76. The van der Waals surface area contributed by atoms with Gasteiger partial charge in [-0.2, -0.15) is 0 Å². The van der Waals surface area contributed by atoms with E-state index in [9.17, 15) is 14.3 Å². The van der Waals surface area contributed by atoms with Crippen molar-refractivity contribution >= 4 is 11.7 Å². The molecular formula is C19H16FNO2. The first-order chi connectivity index (χ1) is 11.1. The highest BCUT2D eigenvalue weighted by Gasteiger charge is 2.39. The van der Waals surface area contributed by atoms with Crippen molar-refractivity contribution in [2.75, 3.05) is 5.32 Å². The Morgan fingerprint density at radius 1 is 1.17 bits per heavy atom. The first kappa shape index (κ1) is 14.0. The fourth-order valence-corrected chi connectivity index (χ4v) is 3.76. The molecule has 0 saturated heterocycles. The number of carboxylic acid groups (broad SMARTS) is 1. The van der Waals surface area contributed by atoms with Crippen LogP contribution in [0.25, 0.3) is 0 Å². The van der Waals surface area contributed by atoms with Crippen molar-refractivity contribution in [1.82, 2.24) is 0 Å². The van der Waals surface area contributed by atoms with Crippen molar-refractivity contribution in [3.05, 3.63) is 77.1 Å². The topological polar surface area (TPSA) is 49.3 Å². The number of anilines is 1. The highest BCUT2D eigenvalue weighted by atomic mass is 19.1. The second-order valence-corrected chi connectivity index (χ2v) is 6.10. The second kappa shape index (κ2) is 5.23. The molecular weight excluding hydrogens is 293 g/mol. The molecule has 4 rings (SSSR count). The highest BCUT2D eigenvalue weighted by molar-refractivity contribution is 5.89. The predicted octanol–water partition coefficient (Wildman–Crippen LogP) is 4.35. The van der Waals surface area contributed by atoms with Gasteiger partial charge in [-0.3, -0.25) is 0 Å². The third-order valence-corrected chi connectivity index (χ3v) is 4.85. The summed E-state index contributed by atoms with van der Waals surface area (Å²) in [6.07, 6.45) is 5.07. The van der Waals surface area contributed by atoms with Gasteiger partial charge in [-0.1, -0.05) is 30.4 Å². The molecule has 0 spiro atoms. The van der Waals surface area contributed by atoms with Crippen molar-refractivity contribution in [2.45, 2.75) is 18.4 Å². The summed E-state index contributed by atoms with van der Waals surface area (Å²) in [6.45, 7) is 0. The Bertz CT molecular complexity index is 815. The molecule has 0 radical (unpaired) electrons. The van der Waals surface area contributed by atoms with Crippen LogP contribution in [0.1, 0.15) is 39.9 Å². The number of allylic oxidation sites excluding steroid dienone is 2. The third kappa shape index (κ3) is 2.22. The van der Waals surface area contributed by atoms with Gasteiger partial charge in [0.05, 0.1) is 11.6 Å². The maximum absolute atomic E-state index is 14.2. The largest absolute Gasteiger partial charge is 0.478 e. The lowest BCUT2D eigenvalue weighted by molar-refractivity contribution is 0.0696. The van der Waals surface area contributed by atoms with Crippen LogP contribution in [-0.4, -0.2) is 11.1 Å². The van der Waals surface area contributed by atoms with Crippen molar-refractivity contribution in [2.24, 2.45) is 5.92 Å². The quantitative estimate of drug-likeness (QED) is 0.811. The summed E-state index contributed by atoms with van der Waals surface area (Å²) >= 11 is 0. The maximum Gasteiger partial charge on any atom is 0.335 e. The molecule has 2 aromatic carbocycles. The molecule has 116 valence electrons. The summed E-state index contributed by atoms with van der Waals surface area (Å²) in [5.74, 6) is -0.817. The summed E-state index contributed by atoms with van der Waals surface area (Å²) in [6, 6.07) is 11.8. The molecule has 4 heteroatoms. The summed E-state index contributed by atoms with van der Waals surface area (Å²) in [7, 11) is 0. The van der Waals surface area contributed by atoms with E-state index in [1.807, 2.05) is 12.1 Å². The number of rotatable bonds is 2. The highest BCUT2D eigenvalue weighted by Crippen LogP contribution is 2.50. The Labute approximate surface area is 133 Å². The van der Waals surface area contributed by atoms with E-state index in [-0.39, 0.29) is 29.3 Å². The summed E-state index contributed by atoms with van der Waals surface area (Å²) < 4.78 is 14.2. The van der Waals surface area contributed by atoms with Crippen LogP contribution >= 0.6 is 0 Å².